The van der Waals surface area contributed by atoms with E-state index in [1.165, 1.54) is 32.8 Å². The number of hydrogen-bond acceptors (Lipinski definition) is 11. The molecule has 4 heterocycles. The largest absolute Gasteiger partial charge is 0.494 e. The molecule has 206 valence electrons. The molecule has 2 N–H and O–H groups in total. The lowest BCUT2D eigenvalue weighted by Gasteiger charge is -2.16. The highest BCUT2D eigenvalue weighted by molar-refractivity contribution is 7.89. The number of primary sulfonamides is 1. The maximum absolute atomic E-state index is 12.7. The zero-order valence-corrected chi connectivity index (χ0v) is 23.0. The predicted molar refractivity (Wildman–Crippen MR) is 146 cm³/mol. The quantitative estimate of drug-likeness (QED) is 0.280. The Kier molecular flexibility index (Phi) is 7.28. The molecule has 1 unspecified atom stereocenters. The number of nitrogens with two attached hydrogens (primary N) is 1. The number of hydrogen-bond donors (Lipinski definition) is 1. The van der Waals surface area contributed by atoms with E-state index in [0.717, 1.165) is 5.56 Å². The summed E-state index contributed by atoms with van der Waals surface area (Å²) in [6.45, 7) is 4.07. The summed E-state index contributed by atoms with van der Waals surface area (Å²) < 4.78 is 44.0. The van der Waals surface area contributed by atoms with Crippen LogP contribution in [0.4, 0.5) is 0 Å². The maximum atomic E-state index is 12.7. The lowest BCUT2D eigenvalue weighted by atomic mass is 10.2. The predicted octanol–water partition coefficient (Wildman–Crippen LogP) is 2.77. The molecule has 0 aliphatic heterocycles. The van der Waals surface area contributed by atoms with Crippen LogP contribution in [-0.4, -0.2) is 63.7 Å². The number of pyridine rings is 1. The van der Waals surface area contributed by atoms with Gasteiger partial charge in [0.05, 0.1) is 32.7 Å². The van der Waals surface area contributed by atoms with E-state index >= 15 is 0 Å². The number of rotatable bonds is 9. The van der Waals surface area contributed by atoms with Gasteiger partial charge >= 0.3 is 0 Å². The van der Waals surface area contributed by atoms with Crippen LogP contribution in [0.3, 0.4) is 0 Å². The van der Waals surface area contributed by atoms with Crippen molar-refractivity contribution in [3.63, 3.8) is 0 Å². The van der Waals surface area contributed by atoms with Crippen LogP contribution in [0.15, 0.2) is 55.0 Å². The fourth-order valence-electron chi connectivity index (χ4n) is 4.18. The van der Waals surface area contributed by atoms with E-state index in [2.05, 4.69) is 24.9 Å². The SMILES string of the molecule is CCOc1cccc(-c2nc3nc(C(c4ncc(C)cn4)S(N)(=O)=O)cnc3n2-c2c(OC)cccc2OC)n1. The zero-order chi connectivity index (χ0) is 28.4. The first-order valence-corrected chi connectivity index (χ1v) is 13.7. The summed E-state index contributed by atoms with van der Waals surface area (Å²) >= 11 is 0. The van der Waals surface area contributed by atoms with Crippen molar-refractivity contribution in [3.8, 4) is 34.6 Å². The van der Waals surface area contributed by atoms with E-state index < -0.39 is 15.3 Å². The van der Waals surface area contributed by atoms with E-state index in [4.69, 9.17) is 24.3 Å². The minimum absolute atomic E-state index is 0.0121. The summed E-state index contributed by atoms with van der Waals surface area (Å²) in [5, 5.41) is 4.15. The molecule has 5 aromatic rings. The first-order chi connectivity index (χ1) is 19.2. The highest BCUT2D eigenvalue weighted by atomic mass is 32.2. The standard InChI is InChI=1S/C26H26N8O5S/c1-5-39-20-11-6-8-16(31-20)25-33-24-26(34(25)21-18(37-3)9-7-10-19(21)38-4)30-14-17(32-24)22(40(27,35)36)23-28-12-15(2)13-29-23/h6-14,22H,5H2,1-4H3,(H2,27,35,36). The van der Waals surface area contributed by atoms with Gasteiger partial charge in [-0.25, -0.2) is 43.5 Å². The molecule has 1 aromatic carbocycles. The molecule has 4 aromatic heterocycles. The van der Waals surface area contributed by atoms with Gasteiger partial charge in [0, 0.05) is 18.5 Å². The fraction of sp³-hybridized carbons (Fsp3) is 0.231. The number of benzene rings is 1. The van der Waals surface area contributed by atoms with Crippen molar-refractivity contribution in [2.75, 3.05) is 20.8 Å². The number of nitrogens with zero attached hydrogens (tertiary/aromatic N) is 7. The zero-order valence-electron chi connectivity index (χ0n) is 22.1. The summed E-state index contributed by atoms with van der Waals surface area (Å²) in [4.78, 5) is 26.8. The van der Waals surface area contributed by atoms with Crippen LogP contribution >= 0.6 is 0 Å². The average Bonchev–Trinajstić information content (AvgIpc) is 3.32. The lowest BCUT2D eigenvalue weighted by Crippen LogP contribution is -2.25. The third-order valence-electron chi connectivity index (χ3n) is 5.89. The van der Waals surface area contributed by atoms with Gasteiger partial charge in [-0.2, -0.15) is 0 Å². The Hall–Kier alpha value is -4.69. The third-order valence-corrected chi connectivity index (χ3v) is 7.00. The van der Waals surface area contributed by atoms with Gasteiger partial charge in [0.25, 0.3) is 0 Å². The van der Waals surface area contributed by atoms with E-state index in [1.54, 1.807) is 47.9 Å². The van der Waals surface area contributed by atoms with Crippen molar-refractivity contribution in [1.82, 2.24) is 34.5 Å². The second-order valence-electron chi connectivity index (χ2n) is 8.61. The van der Waals surface area contributed by atoms with Crippen LogP contribution < -0.4 is 19.3 Å². The van der Waals surface area contributed by atoms with E-state index in [9.17, 15) is 8.42 Å². The normalized spacial score (nSPS) is 12.3. The van der Waals surface area contributed by atoms with Crippen molar-refractivity contribution in [2.45, 2.75) is 19.1 Å². The summed E-state index contributed by atoms with van der Waals surface area (Å²) in [6.07, 6.45) is 4.32. The highest BCUT2D eigenvalue weighted by Crippen LogP contribution is 2.38. The van der Waals surface area contributed by atoms with E-state index in [-0.39, 0.29) is 17.2 Å². The van der Waals surface area contributed by atoms with Gasteiger partial charge in [0.2, 0.25) is 15.9 Å². The van der Waals surface area contributed by atoms with Gasteiger partial charge in [0.1, 0.15) is 22.9 Å². The van der Waals surface area contributed by atoms with Crippen molar-refractivity contribution in [3.05, 3.63) is 72.1 Å². The van der Waals surface area contributed by atoms with Gasteiger partial charge in [-0.3, -0.25) is 4.57 Å². The van der Waals surface area contributed by atoms with Crippen LogP contribution in [0.2, 0.25) is 0 Å². The van der Waals surface area contributed by atoms with Crippen LogP contribution in [0.25, 0.3) is 28.5 Å². The minimum atomic E-state index is -4.22. The molecule has 0 bridgehead atoms. The molecule has 0 aliphatic rings. The molecule has 0 spiro atoms. The summed E-state index contributed by atoms with van der Waals surface area (Å²) in [7, 11) is -1.15. The molecular weight excluding hydrogens is 536 g/mol. The van der Waals surface area contributed by atoms with Crippen LogP contribution in [0, 0.1) is 6.92 Å². The number of aromatic nitrogens is 7. The molecule has 0 saturated carbocycles. The average molecular weight is 563 g/mol. The van der Waals surface area contributed by atoms with Gasteiger partial charge in [0.15, 0.2) is 28.2 Å². The van der Waals surface area contributed by atoms with Gasteiger partial charge < -0.3 is 14.2 Å². The number of ether oxygens (including phenoxy) is 3. The first-order valence-electron chi connectivity index (χ1n) is 12.1. The number of sulfonamides is 1. The molecule has 13 nitrogen and oxygen atoms in total. The molecule has 14 heteroatoms. The summed E-state index contributed by atoms with van der Waals surface area (Å²) in [5.74, 6) is 1.66. The Bertz CT molecular complexity index is 1770. The second-order valence-corrected chi connectivity index (χ2v) is 10.3. The Morgan fingerprint density at radius 1 is 0.925 bits per heavy atom. The Morgan fingerprint density at radius 3 is 2.23 bits per heavy atom. The number of fused-ring (bicyclic) bond motifs is 1. The van der Waals surface area contributed by atoms with Crippen LogP contribution in [-0.2, 0) is 10.0 Å². The Labute approximate surface area is 230 Å². The summed E-state index contributed by atoms with van der Waals surface area (Å²) in [5.41, 5.74) is 2.14. The van der Waals surface area contributed by atoms with Crippen LogP contribution in [0.1, 0.15) is 29.3 Å². The molecule has 0 radical (unpaired) electrons. The topological polar surface area (TPSA) is 170 Å². The maximum Gasteiger partial charge on any atom is 0.225 e. The first kappa shape index (κ1) is 26.9. The Balaban J connectivity index is 1.80. The summed E-state index contributed by atoms with van der Waals surface area (Å²) in [6, 6.07) is 10.6. The molecule has 1 atom stereocenters. The molecule has 0 fully saturated rings. The van der Waals surface area contributed by atoms with E-state index in [1.807, 2.05) is 6.92 Å². The minimum Gasteiger partial charge on any atom is -0.494 e. The van der Waals surface area contributed by atoms with Crippen LogP contribution in [0.5, 0.6) is 17.4 Å². The number of aryl methyl sites for hydroxylation is 1. The third kappa shape index (κ3) is 5.01. The molecule has 0 aliphatic carbocycles. The van der Waals surface area contributed by atoms with E-state index in [0.29, 0.717) is 46.8 Å². The van der Waals surface area contributed by atoms with Gasteiger partial charge in [-0.1, -0.05) is 12.1 Å². The lowest BCUT2D eigenvalue weighted by molar-refractivity contribution is 0.327. The smallest absolute Gasteiger partial charge is 0.225 e. The monoisotopic (exact) mass is 562 g/mol. The molecule has 40 heavy (non-hydrogen) atoms. The fourth-order valence-corrected chi connectivity index (χ4v) is 5.05. The van der Waals surface area contributed by atoms with Crippen molar-refractivity contribution >= 4 is 21.3 Å². The van der Waals surface area contributed by atoms with Crippen molar-refractivity contribution in [1.29, 1.82) is 0 Å². The van der Waals surface area contributed by atoms with Crippen molar-refractivity contribution in [2.24, 2.45) is 5.14 Å². The molecule has 0 amide bonds. The molecule has 0 saturated heterocycles. The van der Waals surface area contributed by atoms with Gasteiger partial charge in [-0.15, -0.1) is 0 Å². The van der Waals surface area contributed by atoms with Crippen molar-refractivity contribution < 1.29 is 22.6 Å². The molecular formula is C26H26N8O5S. The number of imidazole rings is 1. The highest BCUT2D eigenvalue weighted by Gasteiger charge is 2.32. The molecule has 5 rings (SSSR count). The second kappa shape index (κ2) is 10.8. The van der Waals surface area contributed by atoms with Gasteiger partial charge in [-0.05, 0) is 37.6 Å². The number of para-hydroxylation sites is 1. The Morgan fingerprint density at radius 2 is 1.60 bits per heavy atom. The number of methoxy groups -OCH3 is 2.